The molecule has 1 atom stereocenters. The molecule has 0 spiro atoms. The minimum absolute atomic E-state index is 0.152. The van der Waals surface area contributed by atoms with E-state index in [9.17, 15) is 14.4 Å². The molecule has 0 aromatic heterocycles. The average Bonchev–Trinajstić information content (AvgIpc) is 2.96. The number of nitrogens with one attached hydrogen (secondary N) is 1. The first-order valence-electron chi connectivity index (χ1n) is 9.67. The lowest BCUT2D eigenvalue weighted by Gasteiger charge is -2.27. The second-order valence-electron chi connectivity index (χ2n) is 7.98. The van der Waals surface area contributed by atoms with Gasteiger partial charge in [0.15, 0.2) is 5.41 Å². The largest absolute Gasteiger partial charge is 0.497 e. The Balaban J connectivity index is 2.13. The summed E-state index contributed by atoms with van der Waals surface area (Å²) in [5.74, 6) is -0.259. The van der Waals surface area contributed by atoms with Crippen LogP contribution in [0.4, 0.5) is 4.79 Å². The fourth-order valence-corrected chi connectivity index (χ4v) is 3.17. The van der Waals surface area contributed by atoms with E-state index in [1.54, 1.807) is 39.7 Å². The van der Waals surface area contributed by atoms with E-state index in [2.05, 4.69) is 5.32 Å². The van der Waals surface area contributed by atoms with Crippen LogP contribution in [0.5, 0.6) is 5.75 Å². The highest BCUT2D eigenvalue weighted by molar-refractivity contribution is 6.04. The molecule has 8 nitrogen and oxygen atoms in total. The monoisotopic (exact) mass is 406 g/mol. The number of methoxy groups -OCH3 is 1. The highest BCUT2D eigenvalue weighted by atomic mass is 16.6. The van der Waals surface area contributed by atoms with Crippen molar-refractivity contribution in [2.75, 3.05) is 26.8 Å². The maximum absolute atomic E-state index is 13.2. The second kappa shape index (κ2) is 9.15. The maximum atomic E-state index is 13.2. The Labute approximate surface area is 171 Å². The number of alkyl carbamates (subject to hydrolysis) is 1. The molecule has 1 aromatic rings. The van der Waals surface area contributed by atoms with Crippen molar-refractivity contribution in [1.29, 1.82) is 0 Å². The van der Waals surface area contributed by atoms with Gasteiger partial charge >= 0.3 is 12.1 Å². The molecule has 0 radical (unpaired) electrons. The van der Waals surface area contributed by atoms with Crippen LogP contribution in [0, 0.1) is 5.41 Å². The van der Waals surface area contributed by atoms with Gasteiger partial charge in [-0.15, -0.1) is 0 Å². The molecule has 2 amide bonds. The highest BCUT2D eigenvalue weighted by Gasteiger charge is 2.54. The molecule has 1 fully saturated rings. The SMILES string of the molecule is CCOC(=O)C1(CNC(=O)OC(C)(C)C)CCN(Cc2ccc(OC)cc2)C1=O. The Hall–Kier alpha value is -2.77. The van der Waals surface area contributed by atoms with Gasteiger partial charge in [0.1, 0.15) is 11.4 Å². The molecule has 1 aliphatic rings. The van der Waals surface area contributed by atoms with E-state index in [4.69, 9.17) is 14.2 Å². The average molecular weight is 406 g/mol. The highest BCUT2D eigenvalue weighted by Crippen LogP contribution is 2.34. The van der Waals surface area contributed by atoms with Crippen LogP contribution in [0.25, 0.3) is 0 Å². The first-order valence-corrected chi connectivity index (χ1v) is 9.67. The number of hydrogen-bond acceptors (Lipinski definition) is 6. The van der Waals surface area contributed by atoms with Crippen LogP contribution in [0.1, 0.15) is 39.7 Å². The molecule has 1 aromatic carbocycles. The molecule has 0 bridgehead atoms. The summed E-state index contributed by atoms with van der Waals surface area (Å²) in [5, 5.41) is 2.57. The third-order valence-corrected chi connectivity index (χ3v) is 4.64. The zero-order valence-corrected chi connectivity index (χ0v) is 17.7. The lowest BCUT2D eigenvalue weighted by atomic mass is 9.86. The van der Waals surface area contributed by atoms with E-state index < -0.39 is 23.1 Å². The summed E-state index contributed by atoms with van der Waals surface area (Å²) in [6.07, 6.45) is -0.418. The summed E-state index contributed by atoms with van der Waals surface area (Å²) >= 11 is 0. The van der Waals surface area contributed by atoms with Crippen molar-refractivity contribution in [3.8, 4) is 5.75 Å². The third-order valence-electron chi connectivity index (χ3n) is 4.64. The van der Waals surface area contributed by atoms with Crippen LogP contribution < -0.4 is 10.1 Å². The summed E-state index contributed by atoms with van der Waals surface area (Å²) in [5.41, 5.74) is -1.21. The molecule has 1 aliphatic heterocycles. The summed E-state index contributed by atoms with van der Waals surface area (Å²) in [4.78, 5) is 39.5. The quantitative estimate of drug-likeness (QED) is 0.552. The van der Waals surface area contributed by atoms with Crippen LogP contribution in [0.2, 0.25) is 0 Å². The lowest BCUT2D eigenvalue weighted by molar-refractivity contribution is -0.160. The Bertz CT molecular complexity index is 741. The molecule has 1 N–H and O–H groups in total. The van der Waals surface area contributed by atoms with E-state index in [0.29, 0.717) is 13.1 Å². The number of nitrogens with zero attached hydrogens (tertiary/aromatic N) is 1. The van der Waals surface area contributed by atoms with E-state index in [1.165, 1.54) is 0 Å². The molecule has 160 valence electrons. The number of benzene rings is 1. The van der Waals surface area contributed by atoms with Crippen molar-refractivity contribution in [2.45, 2.75) is 46.3 Å². The lowest BCUT2D eigenvalue weighted by Crippen LogP contribution is -2.50. The van der Waals surface area contributed by atoms with E-state index in [-0.39, 0.29) is 25.5 Å². The van der Waals surface area contributed by atoms with Crippen LogP contribution in [-0.4, -0.2) is 55.3 Å². The van der Waals surface area contributed by atoms with Crippen molar-refractivity contribution in [2.24, 2.45) is 5.41 Å². The third kappa shape index (κ3) is 5.62. The fraction of sp³-hybridized carbons (Fsp3) is 0.571. The number of likely N-dealkylation sites (tertiary alicyclic amines) is 1. The van der Waals surface area contributed by atoms with Crippen molar-refractivity contribution in [3.63, 3.8) is 0 Å². The molecular weight excluding hydrogens is 376 g/mol. The first kappa shape index (κ1) is 22.5. The first-order chi connectivity index (χ1) is 13.6. The topological polar surface area (TPSA) is 94.2 Å². The van der Waals surface area contributed by atoms with Crippen molar-refractivity contribution in [1.82, 2.24) is 10.2 Å². The Morgan fingerprint density at radius 2 is 1.86 bits per heavy atom. The molecule has 2 rings (SSSR count). The van der Waals surface area contributed by atoms with E-state index >= 15 is 0 Å². The Morgan fingerprint density at radius 3 is 2.41 bits per heavy atom. The number of ether oxygens (including phenoxy) is 3. The van der Waals surface area contributed by atoms with Gasteiger partial charge in [0.2, 0.25) is 5.91 Å². The smallest absolute Gasteiger partial charge is 0.407 e. The normalized spacial score (nSPS) is 19.1. The maximum Gasteiger partial charge on any atom is 0.407 e. The van der Waals surface area contributed by atoms with Gasteiger partial charge in [-0.1, -0.05) is 12.1 Å². The van der Waals surface area contributed by atoms with Gasteiger partial charge in [0.05, 0.1) is 13.7 Å². The Kier molecular flexibility index (Phi) is 7.11. The molecular formula is C21H30N2O6. The van der Waals surface area contributed by atoms with Gasteiger partial charge in [0.25, 0.3) is 0 Å². The van der Waals surface area contributed by atoms with Gasteiger partial charge in [-0.2, -0.15) is 0 Å². The number of carbonyl (C=O) groups excluding carboxylic acids is 3. The summed E-state index contributed by atoms with van der Waals surface area (Å²) in [7, 11) is 1.59. The van der Waals surface area contributed by atoms with Crippen LogP contribution >= 0.6 is 0 Å². The minimum atomic E-state index is -1.45. The standard InChI is InChI=1S/C21H30N2O6/c1-6-28-18(25)21(14-22-19(26)29-20(2,3)4)11-12-23(17(21)24)13-15-7-9-16(27-5)10-8-15/h7-10H,6,11-14H2,1-5H3,(H,22,26). The van der Waals surface area contributed by atoms with E-state index in [1.807, 2.05) is 24.3 Å². The number of esters is 1. The van der Waals surface area contributed by atoms with Gasteiger partial charge < -0.3 is 24.4 Å². The predicted molar refractivity (Wildman–Crippen MR) is 106 cm³/mol. The number of amides is 2. The molecule has 1 heterocycles. The van der Waals surface area contributed by atoms with Crippen molar-refractivity contribution < 1.29 is 28.6 Å². The van der Waals surface area contributed by atoms with Gasteiger partial charge in [-0.05, 0) is 51.8 Å². The summed E-state index contributed by atoms with van der Waals surface area (Å²) < 4.78 is 15.5. The van der Waals surface area contributed by atoms with Crippen molar-refractivity contribution >= 4 is 18.0 Å². The van der Waals surface area contributed by atoms with E-state index in [0.717, 1.165) is 11.3 Å². The van der Waals surface area contributed by atoms with Gasteiger partial charge in [-0.3, -0.25) is 9.59 Å². The number of rotatable bonds is 7. The molecule has 29 heavy (non-hydrogen) atoms. The van der Waals surface area contributed by atoms with Crippen LogP contribution in [0.15, 0.2) is 24.3 Å². The minimum Gasteiger partial charge on any atom is -0.497 e. The molecule has 8 heteroatoms. The number of carbonyl (C=O) groups is 3. The zero-order valence-electron chi connectivity index (χ0n) is 17.7. The van der Waals surface area contributed by atoms with Crippen molar-refractivity contribution in [3.05, 3.63) is 29.8 Å². The predicted octanol–water partition coefficient (Wildman–Crippen LogP) is 2.50. The Morgan fingerprint density at radius 1 is 1.21 bits per heavy atom. The molecule has 0 aliphatic carbocycles. The summed E-state index contributed by atoms with van der Waals surface area (Å²) in [6.45, 7) is 7.63. The van der Waals surface area contributed by atoms with Crippen LogP contribution in [0.3, 0.4) is 0 Å². The molecule has 1 unspecified atom stereocenters. The summed E-state index contributed by atoms with van der Waals surface area (Å²) in [6, 6.07) is 7.38. The zero-order chi connectivity index (χ0) is 21.7. The van der Waals surface area contributed by atoms with Gasteiger partial charge in [-0.25, -0.2) is 4.79 Å². The molecule has 0 saturated carbocycles. The fourth-order valence-electron chi connectivity index (χ4n) is 3.17. The second-order valence-corrected chi connectivity index (χ2v) is 7.98. The number of hydrogen-bond donors (Lipinski definition) is 1. The molecule has 1 saturated heterocycles. The van der Waals surface area contributed by atoms with Gasteiger partial charge in [0, 0.05) is 19.6 Å². The van der Waals surface area contributed by atoms with Crippen LogP contribution in [-0.2, 0) is 25.6 Å².